The maximum atomic E-state index is 8.58. The van der Waals surface area contributed by atoms with Gasteiger partial charge in [0.1, 0.15) is 0 Å². The van der Waals surface area contributed by atoms with Crippen LogP contribution in [0.4, 0.5) is 0 Å². The molecule has 0 aliphatic heterocycles. The summed E-state index contributed by atoms with van der Waals surface area (Å²) < 4.78 is 5.16. The molecule has 0 unspecified atom stereocenters. The summed E-state index contributed by atoms with van der Waals surface area (Å²) in [5, 5.41) is 8.58. The summed E-state index contributed by atoms with van der Waals surface area (Å²) in [6.45, 7) is 0.978. The summed E-state index contributed by atoms with van der Waals surface area (Å²) in [6.07, 6.45) is 8.53. The summed E-state index contributed by atoms with van der Waals surface area (Å²) in [6, 6.07) is 12.5. The van der Waals surface area contributed by atoms with Crippen molar-refractivity contribution in [2.75, 3.05) is 19.8 Å². The Morgan fingerprint density at radius 2 is 1.70 bits per heavy atom. The van der Waals surface area contributed by atoms with Gasteiger partial charge in [0.15, 0.2) is 0 Å². The van der Waals surface area contributed by atoms with Crippen molar-refractivity contribution in [3.63, 3.8) is 0 Å². The number of aliphatic hydroxyl groups is 1. The van der Waals surface area contributed by atoms with Crippen LogP contribution in [0.5, 0.6) is 0 Å². The summed E-state index contributed by atoms with van der Waals surface area (Å²) in [5.41, 5.74) is 3.70. The zero-order chi connectivity index (χ0) is 14.0. The second-order valence-electron chi connectivity index (χ2n) is 4.47. The van der Waals surface area contributed by atoms with E-state index in [2.05, 4.69) is 29.2 Å². The summed E-state index contributed by atoms with van der Waals surface area (Å²) in [7, 11) is 0. The zero-order valence-corrected chi connectivity index (χ0v) is 11.4. The molecule has 1 aromatic carbocycles. The number of rotatable bonds is 7. The number of benzene rings is 1. The molecule has 20 heavy (non-hydrogen) atoms. The molecule has 2 aromatic rings. The molecule has 3 heteroatoms. The third-order valence-electron chi connectivity index (χ3n) is 2.90. The molecule has 2 rings (SSSR count). The second kappa shape index (κ2) is 8.25. The average molecular weight is 269 g/mol. The maximum Gasteiger partial charge on any atom is 0.0701 e. The fraction of sp³-hybridized carbons (Fsp3) is 0.235. The number of nitrogens with zero attached hydrogens (tertiary/aromatic N) is 1. The minimum atomic E-state index is 0.0670. The molecule has 3 nitrogen and oxygen atoms in total. The first kappa shape index (κ1) is 14.4. The topological polar surface area (TPSA) is 42.4 Å². The van der Waals surface area contributed by atoms with Crippen LogP contribution in [0.25, 0.3) is 6.08 Å². The zero-order valence-electron chi connectivity index (χ0n) is 11.4. The number of hydrogen-bond donors (Lipinski definition) is 1. The molecular weight excluding hydrogens is 250 g/mol. The van der Waals surface area contributed by atoms with E-state index in [0.717, 1.165) is 12.0 Å². The van der Waals surface area contributed by atoms with Gasteiger partial charge < -0.3 is 9.84 Å². The molecule has 0 aliphatic rings. The molecule has 0 saturated carbocycles. The van der Waals surface area contributed by atoms with Gasteiger partial charge in [-0.2, -0.15) is 0 Å². The van der Waals surface area contributed by atoms with Crippen LogP contribution in [0, 0.1) is 0 Å². The molecule has 1 aromatic heterocycles. The smallest absolute Gasteiger partial charge is 0.0701 e. The van der Waals surface area contributed by atoms with E-state index in [1.54, 1.807) is 0 Å². The lowest BCUT2D eigenvalue weighted by atomic mass is 10.0. The molecule has 0 saturated heterocycles. The predicted molar refractivity (Wildman–Crippen MR) is 80.4 cm³/mol. The van der Waals surface area contributed by atoms with Gasteiger partial charge in [0.25, 0.3) is 0 Å². The van der Waals surface area contributed by atoms with E-state index < -0.39 is 0 Å². The predicted octanol–water partition coefficient (Wildman–Crippen LogP) is 2.69. The molecular formula is C17H19NO2. The van der Waals surface area contributed by atoms with Crippen LogP contribution in [0.2, 0.25) is 0 Å². The first-order chi connectivity index (χ1) is 9.88. The van der Waals surface area contributed by atoms with Crippen molar-refractivity contribution in [1.29, 1.82) is 0 Å². The quantitative estimate of drug-likeness (QED) is 0.786. The Hall–Kier alpha value is -1.97. The first-order valence-corrected chi connectivity index (χ1v) is 6.71. The van der Waals surface area contributed by atoms with Crippen molar-refractivity contribution in [3.05, 3.63) is 71.6 Å². The number of hydrogen-bond acceptors (Lipinski definition) is 3. The standard InChI is InChI=1S/C17H19NO2/c19-11-13-20-12-1-2-15-3-5-16(6-4-15)14-17-7-9-18-10-8-17/h1-10,19H,11-14H2. The normalized spacial score (nSPS) is 11.1. The van der Waals surface area contributed by atoms with Gasteiger partial charge in [-0.25, -0.2) is 0 Å². The summed E-state index contributed by atoms with van der Waals surface area (Å²) in [4.78, 5) is 4.02. The molecule has 0 atom stereocenters. The second-order valence-corrected chi connectivity index (χ2v) is 4.47. The number of aromatic nitrogens is 1. The molecule has 0 radical (unpaired) electrons. The molecule has 0 aliphatic carbocycles. The van der Waals surface area contributed by atoms with Gasteiger partial charge in [0.05, 0.1) is 19.8 Å². The lowest BCUT2D eigenvalue weighted by Crippen LogP contribution is -1.98. The van der Waals surface area contributed by atoms with E-state index in [1.807, 2.05) is 36.7 Å². The van der Waals surface area contributed by atoms with E-state index in [-0.39, 0.29) is 6.61 Å². The minimum Gasteiger partial charge on any atom is -0.394 e. The highest BCUT2D eigenvalue weighted by Gasteiger charge is 1.95. The SMILES string of the molecule is OCCOCC=Cc1ccc(Cc2ccncc2)cc1. The highest BCUT2D eigenvalue weighted by molar-refractivity contribution is 5.50. The fourth-order valence-electron chi connectivity index (χ4n) is 1.88. The van der Waals surface area contributed by atoms with E-state index >= 15 is 0 Å². The Labute approximate surface area is 119 Å². The number of pyridine rings is 1. The first-order valence-electron chi connectivity index (χ1n) is 6.71. The van der Waals surface area contributed by atoms with E-state index in [0.29, 0.717) is 13.2 Å². The van der Waals surface area contributed by atoms with Gasteiger partial charge in [-0.1, -0.05) is 36.4 Å². The molecule has 1 heterocycles. The Bertz CT molecular complexity index is 520. The highest BCUT2D eigenvalue weighted by atomic mass is 16.5. The lowest BCUT2D eigenvalue weighted by molar-refractivity contribution is 0.112. The largest absolute Gasteiger partial charge is 0.394 e. The van der Waals surface area contributed by atoms with Crippen LogP contribution in [-0.2, 0) is 11.2 Å². The van der Waals surface area contributed by atoms with Crippen molar-refractivity contribution in [2.45, 2.75) is 6.42 Å². The van der Waals surface area contributed by atoms with E-state index in [1.165, 1.54) is 11.1 Å². The molecule has 0 spiro atoms. The van der Waals surface area contributed by atoms with Crippen LogP contribution in [-0.4, -0.2) is 29.9 Å². The lowest BCUT2D eigenvalue weighted by Gasteiger charge is -2.02. The Morgan fingerprint density at radius 1 is 1.00 bits per heavy atom. The molecule has 0 bridgehead atoms. The third kappa shape index (κ3) is 4.96. The molecule has 0 fully saturated rings. The van der Waals surface area contributed by atoms with E-state index in [9.17, 15) is 0 Å². The van der Waals surface area contributed by atoms with Gasteiger partial charge in [-0.3, -0.25) is 4.98 Å². The van der Waals surface area contributed by atoms with Crippen molar-refractivity contribution >= 4 is 6.08 Å². The average Bonchev–Trinajstić information content (AvgIpc) is 2.50. The third-order valence-corrected chi connectivity index (χ3v) is 2.90. The van der Waals surface area contributed by atoms with Gasteiger partial charge in [-0.05, 0) is 35.2 Å². The van der Waals surface area contributed by atoms with Crippen molar-refractivity contribution in [3.8, 4) is 0 Å². The van der Waals surface area contributed by atoms with Crippen LogP contribution in [0.15, 0.2) is 54.9 Å². The van der Waals surface area contributed by atoms with Gasteiger partial charge >= 0.3 is 0 Å². The van der Waals surface area contributed by atoms with Crippen molar-refractivity contribution in [1.82, 2.24) is 4.98 Å². The van der Waals surface area contributed by atoms with Crippen LogP contribution in [0.1, 0.15) is 16.7 Å². The Kier molecular flexibility index (Phi) is 5.96. The van der Waals surface area contributed by atoms with Gasteiger partial charge in [0.2, 0.25) is 0 Å². The van der Waals surface area contributed by atoms with E-state index in [4.69, 9.17) is 9.84 Å². The fourth-order valence-corrected chi connectivity index (χ4v) is 1.88. The van der Waals surface area contributed by atoms with Crippen molar-refractivity contribution < 1.29 is 9.84 Å². The molecule has 1 N–H and O–H groups in total. The molecule has 0 amide bonds. The van der Waals surface area contributed by atoms with Crippen LogP contribution >= 0.6 is 0 Å². The van der Waals surface area contributed by atoms with Crippen molar-refractivity contribution in [2.24, 2.45) is 0 Å². The number of aliphatic hydroxyl groups excluding tert-OH is 1. The summed E-state index contributed by atoms with van der Waals surface area (Å²) >= 11 is 0. The number of ether oxygens (including phenoxy) is 1. The molecule has 104 valence electrons. The van der Waals surface area contributed by atoms with Crippen LogP contribution < -0.4 is 0 Å². The van der Waals surface area contributed by atoms with Crippen LogP contribution in [0.3, 0.4) is 0 Å². The monoisotopic (exact) mass is 269 g/mol. The Balaban J connectivity index is 1.86. The minimum absolute atomic E-state index is 0.0670. The summed E-state index contributed by atoms with van der Waals surface area (Å²) in [5.74, 6) is 0. The highest BCUT2D eigenvalue weighted by Crippen LogP contribution is 2.11. The maximum absolute atomic E-state index is 8.58. The van der Waals surface area contributed by atoms with Gasteiger partial charge in [-0.15, -0.1) is 0 Å². The Morgan fingerprint density at radius 3 is 2.40 bits per heavy atom. The van der Waals surface area contributed by atoms with Gasteiger partial charge in [0, 0.05) is 12.4 Å².